The van der Waals surface area contributed by atoms with Gasteiger partial charge in [0.1, 0.15) is 11.9 Å². The monoisotopic (exact) mass is 350 g/mol. The Bertz CT molecular complexity index is 528. The van der Waals surface area contributed by atoms with Gasteiger partial charge in [0, 0.05) is 12.6 Å². The van der Waals surface area contributed by atoms with Gasteiger partial charge in [0.05, 0.1) is 24.1 Å². The van der Waals surface area contributed by atoms with Crippen LogP contribution in [0, 0.1) is 11.7 Å². The lowest BCUT2D eigenvalue weighted by Crippen LogP contribution is -2.47. The highest BCUT2D eigenvalue weighted by Crippen LogP contribution is 2.26. The molecule has 0 aliphatic carbocycles. The van der Waals surface area contributed by atoms with E-state index in [9.17, 15) is 9.18 Å². The third-order valence-electron chi connectivity index (χ3n) is 3.87. The zero-order chi connectivity index (χ0) is 15.6. The van der Waals surface area contributed by atoms with E-state index in [2.05, 4.69) is 0 Å². The molecule has 2 rings (SSSR count). The number of halogens is 3. The van der Waals surface area contributed by atoms with Gasteiger partial charge in [-0.15, -0.1) is 12.4 Å². The van der Waals surface area contributed by atoms with E-state index in [0.29, 0.717) is 19.7 Å². The fourth-order valence-electron chi connectivity index (χ4n) is 2.28. The average Bonchev–Trinajstić information content (AvgIpc) is 2.48. The minimum Gasteiger partial charge on any atom is -0.370 e. The molecular weight excluding hydrogens is 330 g/mol. The largest absolute Gasteiger partial charge is 0.370 e. The van der Waals surface area contributed by atoms with Gasteiger partial charge in [-0.05, 0) is 24.6 Å². The minimum absolute atomic E-state index is 0. The lowest BCUT2D eigenvalue weighted by molar-refractivity contribution is -0.143. The van der Waals surface area contributed by atoms with Gasteiger partial charge in [0.2, 0.25) is 5.91 Å². The Morgan fingerprint density at radius 2 is 2.18 bits per heavy atom. The number of amides is 1. The van der Waals surface area contributed by atoms with Crippen LogP contribution in [0.25, 0.3) is 0 Å². The van der Waals surface area contributed by atoms with Gasteiger partial charge in [-0.1, -0.05) is 24.6 Å². The van der Waals surface area contributed by atoms with Gasteiger partial charge < -0.3 is 15.4 Å². The molecular formula is C15H21Cl2FN2O2. The van der Waals surface area contributed by atoms with Crippen LogP contribution in [0.2, 0.25) is 5.02 Å². The highest BCUT2D eigenvalue weighted by atomic mass is 35.5. The molecule has 0 bridgehead atoms. The van der Waals surface area contributed by atoms with Gasteiger partial charge in [-0.25, -0.2) is 4.39 Å². The highest BCUT2D eigenvalue weighted by Gasteiger charge is 2.29. The Kier molecular flexibility index (Phi) is 7.06. The third kappa shape index (κ3) is 4.32. The van der Waals surface area contributed by atoms with E-state index in [-0.39, 0.29) is 41.4 Å². The van der Waals surface area contributed by atoms with E-state index in [1.807, 2.05) is 13.8 Å². The summed E-state index contributed by atoms with van der Waals surface area (Å²) in [7, 11) is 0. The Hall–Kier alpha value is -0.880. The van der Waals surface area contributed by atoms with E-state index in [0.717, 1.165) is 5.56 Å². The number of hydrogen-bond donors (Lipinski definition) is 1. The number of benzene rings is 1. The minimum atomic E-state index is -0.463. The summed E-state index contributed by atoms with van der Waals surface area (Å²) in [6, 6.07) is 4.30. The molecule has 3 unspecified atom stereocenters. The van der Waals surface area contributed by atoms with Crippen LogP contribution in [0.15, 0.2) is 18.2 Å². The Balaban J connectivity index is 0.00000242. The van der Waals surface area contributed by atoms with Gasteiger partial charge in [0.15, 0.2) is 0 Å². The van der Waals surface area contributed by atoms with Crippen molar-refractivity contribution in [2.75, 3.05) is 19.7 Å². The van der Waals surface area contributed by atoms with Crippen LogP contribution < -0.4 is 5.73 Å². The number of morpholine rings is 1. The molecule has 0 aromatic heterocycles. The molecule has 1 aromatic rings. The first kappa shape index (κ1) is 19.2. The van der Waals surface area contributed by atoms with E-state index >= 15 is 0 Å². The van der Waals surface area contributed by atoms with E-state index < -0.39 is 5.82 Å². The number of rotatable bonds is 3. The van der Waals surface area contributed by atoms with Crippen molar-refractivity contribution < 1.29 is 13.9 Å². The van der Waals surface area contributed by atoms with Crippen LogP contribution in [0.1, 0.15) is 25.5 Å². The fourth-order valence-corrected chi connectivity index (χ4v) is 2.47. The number of ether oxygens (including phenoxy) is 1. The highest BCUT2D eigenvalue weighted by molar-refractivity contribution is 6.30. The van der Waals surface area contributed by atoms with Gasteiger partial charge >= 0.3 is 0 Å². The molecule has 7 heteroatoms. The van der Waals surface area contributed by atoms with Crippen LogP contribution >= 0.6 is 24.0 Å². The molecule has 1 aliphatic rings. The second kappa shape index (κ2) is 8.11. The van der Waals surface area contributed by atoms with Crippen LogP contribution in [0.5, 0.6) is 0 Å². The summed E-state index contributed by atoms with van der Waals surface area (Å²) in [6.07, 6.45) is -0.291. The predicted octanol–water partition coefficient (Wildman–Crippen LogP) is 2.78. The molecule has 22 heavy (non-hydrogen) atoms. The molecule has 1 aliphatic heterocycles. The second-order valence-corrected chi connectivity index (χ2v) is 5.87. The molecule has 4 nitrogen and oxygen atoms in total. The smallest absolute Gasteiger partial charge is 0.227 e. The SMILES string of the molecule is CC(N)C(C)C(=O)N1CCOC(c2ccc(F)c(Cl)c2)C1.Cl. The zero-order valence-electron chi connectivity index (χ0n) is 12.6. The summed E-state index contributed by atoms with van der Waals surface area (Å²) in [6.45, 7) is 5.06. The van der Waals surface area contributed by atoms with Gasteiger partial charge in [-0.3, -0.25) is 4.79 Å². The van der Waals surface area contributed by atoms with E-state index in [1.165, 1.54) is 6.07 Å². The molecule has 1 aromatic carbocycles. The first-order valence-corrected chi connectivity index (χ1v) is 7.39. The summed E-state index contributed by atoms with van der Waals surface area (Å²) in [5.74, 6) is -0.679. The molecule has 124 valence electrons. The molecule has 0 spiro atoms. The second-order valence-electron chi connectivity index (χ2n) is 5.47. The first-order valence-electron chi connectivity index (χ1n) is 7.01. The quantitative estimate of drug-likeness (QED) is 0.911. The maximum atomic E-state index is 13.2. The maximum Gasteiger partial charge on any atom is 0.227 e. The van der Waals surface area contributed by atoms with Crippen molar-refractivity contribution in [2.45, 2.75) is 26.0 Å². The summed E-state index contributed by atoms with van der Waals surface area (Å²) < 4.78 is 18.9. The van der Waals surface area contributed by atoms with Crippen molar-refractivity contribution in [3.05, 3.63) is 34.6 Å². The average molecular weight is 351 g/mol. The van der Waals surface area contributed by atoms with E-state index in [1.54, 1.807) is 17.0 Å². The maximum absolute atomic E-state index is 13.2. The predicted molar refractivity (Wildman–Crippen MR) is 86.7 cm³/mol. The fraction of sp³-hybridized carbons (Fsp3) is 0.533. The number of carbonyl (C=O) groups excluding carboxylic acids is 1. The molecule has 0 radical (unpaired) electrons. The van der Waals surface area contributed by atoms with Crippen molar-refractivity contribution in [3.8, 4) is 0 Å². The number of nitrogens with two attached hydrogens (primary N) is 1. The number of nitrogens with zero attached hydrogens (tertiary/aromatic N) is 1. The van der Waals surface area contributed by atoms with Crippen LogP contribution in [-0.4, -0.2) is 36.5 Å². The van der Waals surface area contributed by atoms with Crippen molar-refractivity contribution in [2.24, 2.45) is 11.7 Å². The van der Waals surface area contributed by atoms with Gasteiger partial charge in [0.25, 0.3) is 0 Å². The zero-order valence-corrected chi connectivity index (χ0v) is 14.2. The first-order chi connectivity index (χ1) is 9.90. The third-order valence-corrected chi connectivity index (χ3v) is 4.16. The summed E-state index contributed by atoms with van der Waals surface area (Å²) in [5.41, 5.74) is 6.56. The Morgan fingerprint density at radius 3 is 2.77 bits per heavy atom. The van der Waals surface area contributed by atoms with Crippen LogP contribution in [-0.2, 0) is 9.53 Å². The van der Waals surface area contributed by atoms with Gasteiger partial charge in [-0.2, -0.15) is 0 Å². The molecule has 2 N–H and O–H groups in total. The summed E-state index contributed by atoms with van der Waals surface area (Å²) in [5, 5.41) is 0.0588. The number of carbonyl (C=O) groups is 1. The number of hydrogen-bond acceptors (Lipinski definition) is 3. The lowest BCUT2D eigenvalue weighted by atomic mass is 10.0. The van der Waals surface area contributed by atoms with Crippen LogP contribution in [0.4, 0.5) is 4.39 Å². The normalized spacial score (nSPS) is 21.0. The van der Waals surface area contributed by atoms with Crippen molar-refractivity contribution >= 4 is 29.9 Å². The van der Waals surface area contributed by atoms with E-state index in [4.69, 9.17) is 22.1 Å². The molecule has 1 saturated heterocycles. The molecule has 1 fully saturated rings. The van der Waals surface area contributed by atoms with Crippen LogP contribution in [0.3, 0.4) is 0 Å². The van der Waals surface area contributed by atoms with Crippen molar-refractivity contribution in [1.29, 1.82) is 0 Å². The molecule has 3 atom stereocenters. The standard InChI is InChI=1S/C15H20ClFN2O2.ClH/c1-9(10(2)18)15(20)19-5-6-21-14(8-19)11-3-4-13(17)12(16)7-11;/h3-4,7,9-10,14H,5-6,8,18H2,1-2H3;1H. The lowest BCUT2D eigenvalue weighted by Gasteiger charge is -2.35. The van der Waals surface area contributed by atoms with Crippen molar-refractivity contribution in [3.63, 3.8) is 0 Å². The Labute approximate surface area is 141 Å². The molecule has 1 amide bonds. The summed E-state index contributed by atoms with van der Waals surface area (Å²) >= 11 is 5.80. The van der Waals surface area contributed by atoms with Crippen molar-refractivity contribution in [1.82, 2.24) is 4.90 Å². The topological polar surface area (TPSA) is 55.6 Å². The Morgan fingerprint density at radius 1 is 1.50 bits per heavy atom. The molecule has 1 heterocycles. The molecule has 0 saturated carbocycles. The summed E-state index contributed by atoms with van der Waals surface area (Å²) in [4.78, 5) is 14.1.